The Kier molecular flexibility index (Phi) is 15.2. The van der Waals surface area contributed by atoms with Crippen LogP contribution < -0.4 is 0 Å². The number of carbonyl (C=O) groups is 2. The maximum Gasteiger partial charge on any atom is 0.307 e. The lowest BCUT2D eigenvalue weighted by Crippen LogP contribution is -2.47. The summed E-state index contributed by atoms with van der Waals surface area (Å²) >= 11 is 0. The van der Waals surface area contributed by atoms with Gasteiger partial charge in [-0.05, 0) is 19.3 Å². The van der Waals surface area contributed by atoms with Crippen LogP contribution in [0.2, 0.25) is 0 Å². The molecule has 2 aliphatic rings. The second-order valence-electron chi connectivity index (χ2n) is 10.4. The van der Waals surface area contributed by atoms with Crippen molar-refractivity contribution in [2.24, 2.45) is 5.92 Å². The molecule has 202 valence electrons. The average Bonchev–Trinajstić information content (AvgIpc) is 3.42. The molecule has 0 amide bonds. The highest BCUT2D eigenvalue weighted by Crippen LogP contribution is 2.29. The number of rotatable bonds is 21. The van der Waals surface area contributed by atoms with E-state index >= 15 is 0 Å². The van der Waals surface area contributed by atoms with Gasteiger partial charge in [-0.1, -0.05) is 96.1 Å². The highest BCUT2D eigenvalue weighted by Gasteiger charge is 2.47. The number of allylic oxidation sites excluding steroid dienone is 2. The first kappa shape index (κ1) is 29.8. The zero-order chi connectivity index (χ0) is 25.2. The molecule has 2 aliphatic heterocycles. The van der Waals surface area contributed by atoms with Crippen LogP contribution in [0.5, 0.6) is 0 Å². The smallest absolute Gasteiger partial charge is 0.307 e. The molecule has 0 aromatic carbocycles. The molecule has 2 rings (SSSR count). The van der Waals surface area contributed by atoms with Crippen molar-refractivity contribution in [1.82, 2.24) is 4.90 Å². The molecule has 2 saturated heterocycles. The third-order valence-corrected chi connectivity index (χ3v) is 7.23. The van der Waals surface area contributed by atoms with Crippen molar-refractivity contribution in [3.8, 4) is 0 Å². The number of carbonyl (C=O) groups excluding carboxylic acids is 1. The van der Waals surface area contributed by atoms with Crippen LogP contribution in [-0.2, 0) is 23.8 Å². The summed E-state index contributed by atoms with van der Waals surface area (Å²) in [5, 5.41) is 9.49. The van der Waals surface area contributed by atoms with Crippen molar-refractivity contribution in [2.45, 2.75) is 115 Å². The molecule has 1 atom stereocenters. The minimum atomic E-state index is -0.958. The van der Waals surface area contributed by atoms with Crippen LogP contribution in [0.25, 0.3) is 0 Å². The summed E-state index contributed by atoms with van der Waals surface area (Å²) in [6, 6.07) is 0. The van der Waals surface area contributed by atoms with Crippen LogP contribution in [0.15, 0.2) is 12.2 Å². The average molecular weight is 496 g/mol. The van der Waals surface area contributed by atoms with Crippen LogP contribution in [0, 0.1) is 5.92 Å². The van der Waals surface area contributed by atoms with Gasteiger partial charge in [-0.25, -0.2) is 4.90 Å². The van der Waals surface area contributed by atoms with Gasteiger partial charge in [-0.2, -0.15) is 0 Å². The monoisotopic (exact) mass is 495 g/mol. The fourth-order valence-corrected chi connectivity index (χ4v) is 4.81. The molecule has 0 aliphatic carbocycles. The first-order chi connectivity index (χ1) is 17.1. The van der Waals surface area contributed by atoms with E-state index in [2.05, 4.69) is 13.0 Å². The van der Waals surface area contributed by atoms with E-state index in [1.807, 2.05) is 11.0 Å². The lowest BCUT2D eigenvalue weighted by atomic mass is 10.0. The predicted octanol–water partition coefficient (Wildman–Crippen LogP) is 6.06. The number of nitrogens with zero attached hydrogens (tertiary/aromatic N) is 1. The van der Waals surface area contributed by atoms with E-state index in [0.717, 1.165) is 12.8 Å². The van der Waals surface area contributed by atoms with Gasteiger partial charge in [0.1, 0.15) is 25.6 Å². The molecule has 0 bridgehead atoms. The zero-order valence-corrected chi connectivity index (χ0v) is 22.0. The lowest BCUT2D eigenvalue weighted by Gasteiger charge is -2.26. The van der Waals surface area contributed by atoms with Gasteiger partial charge in [0, 0.05) is 0 Å². The summed E-state index contributed by atoms with van der Waals surface area (Å²) < 4.78 is 16.3. The van der Waals surface area contributed by atoms with Crippen LogP contribution in [0.4, 0.5) is 0 Å². The van der Waals surface area contributed by atoms with Gasteiger partial charge < -0.3 is 19.3 Å². The Bertz CT molecular complexity index is 613. The third kappa shape index (κ3) is 11.9. The molecule has 7 nitrogen and oxygen atoms in total. The number of carboxylic acid groups (broad SMARTS) is 1. The molecule has 0 radical (unpaired) electrons. The zero-order valence-electron chi connectivity index (χ0n) is 22.0. The number of hydrogen-bond donors (Lipinski definition) is 1. The van der Waals surface area contributed by atoms with E-state index in [1.165, 1.54) is 77.0 Å². The minimum absolute atomic E-state index is 0.115. The van der Waals surface area contributed by atoms with Crippen molar-refractivity contribution in [3.63, 3.8) is 0 Å². The van der Waals surface area contributed by atoms with Gasteiger partial charge in [-0.3, -0.25) is 9.59 Å². The van der Waals surface area contributed by atoms with Crippen LogP contribution in [0.3, 0.4) is 0 Å². The number of esters is 1. The Hall–Kier alpha value is -1.44. The summed E-state index contributed by atoms with van der Waals surface area (Å²) in [4.78, 5) is 25.8. The largest absolute Gasteiger partial charge is 0.481 e. The summed E-state index contributed by atoms with van der Waals surface area (Å²) in [6.45, 7) is 4.31. The molecule has 1 N–H and O–H groups in total. The maximum absolute atomic E-state index is 12.3. The van der Waals surface area contributed by atoms with E-state index in [-0.39, 0.29) is 13.0 Å². The Morgan fingerprint density at radius 3 is 1.97 bits per heavy atom. The normalized spacial score (nSPS) is 18.2. The van der Waals surface area contributed by atoms with Crippen molar-refractivity contribution < 1.29 is 28.9 Å². The van der Waals surface area contributed by atoms with Gasteiger partial charge in [0.05, 0.1) is 25.6 Å². The van der Waals surface area contributed by atoms with Gasteiger partial charge in [0.15, 0.2) is 0 Å². The van der Waals surface area contributed by atoms with E-state index in [0.29, 0.717) is 33.1 Å². The molecule has 1 unspecified atom stereocenters. The van der Waals surface area contributed by atoms with Crippen molar-refractivity contribution >= 4 is 11.9 Å². The standard InChI is InChI=1S/C28H49NO6/c1-2-3-4-5-6-7-8-9-10-11-12-13-14-15-16-17-18-25(27(31)32)19-26(30)35-22-28-20-33-23-29(28)24-34-21-28/h16-17,25H,2-15,18-24H2,1H3,(H,31,32)/b17-16+. The summed E-state index contributed by atoms with van der Waals surface area (Å²) in [5.74, 6) is -2.19. The molecule has 0 aromatic heterocycles. The van der Waals surface area contributed by atoms with E-state index in [9.17, 15) is 14.7 Å². The summed E-state index contributed by atoms with van der Waals surface area (Å²) in [5.41, 5.74) is -0.415. The number of aliphatic carboxylic acids is 1. The number of fused-ring (bicyclic) bond motifs is 1. The van der Waals surface area contributed by atoms with Gasteiger partial charge in [-0.15, -0.1) is 0 Å². The lowest BCUT2D eigenvalue weighted by molar-refractivity contribution is -0.153. The minimum Gasteiger partial charge on any atom is -0.481 e. The van der Waals surface area contributed by atoms with Gasteiger partial charge in [0.25, 0.3) is 0 Å². The fraction of sp³-hybridized carbons (Fsp3) is 0.857. The molecule has 7 heteroatoms. The molecular formula is C28H49NO6. The Labute approximate surface area is 212 Å². The number of ether oxygens (including phenoxy) is 3. The van der Waals surface area contributed by atoms with Crippen LogP contribution in [-0.4, -0.2) is 60.8 Å². The van der Waals surface area contributed by atoms with E-state index < -0.39 is 23.4 Å². The number of unbranched alkanes of at least 4 members (excludes halogenated alkanes) is 13. The number of hydrogen-bond acceptors (Lipinski definition) is 6. The van der Waals surface area contributed by atoms with Crippen molar-refractivity contribution in [3.05, 3.63) is 12.2 Å². The summed E-state index contributed by atoms with van der Waals surface area (Å²) in [7, 11) is 0. The molecule has 35 heavy (non-hydrogen) atoms. The van der Waals surface area contributed by atoms with Crippen molar-refractivity contribution in [1.29, 1.82) is 0 Å². The second kappa shape index (κ2) is 17.9. The highest BCUT2D eigenvalue weighted by atomic mass is 16.6. The van der Waals surface area contributed by atoms with E-state index in [1.54, 1.807) is 0 Å². The molecule has 2 fully saturated rings. The Morgan fingerprint density at radius 2 is 1.43 bits per heavy atom. The SMILES string of the molecule is CCCCCCCCCCCCCCC/C=C/CC(CC(=O)OCC12COCN1COC2)C(=O)O. The molecule has 0 saturated carbocycles. The van der Waals surface area contributed by atoms with Crippen LogP contribution in [0.1, 0.15) is 110 Å². The van der Waals surface area contributed by atoms with E-state index in [4.69, 9.17) is 14.2 Å². The van der Waals surface area contributed by atoms with Crippen molar-refractivity contribution in [2.75, 3.05) is 33.3 Å². The van der Waals surface area contributed by atoms with Crippen LogP contribution >= 0.6 is 0 Å². The first-order valence-corrected chi connectivity index (χ1v) is 14.0. The Balaban J connectivity index is 1.46. The topological polar surface area (TPSA) is 85.3 Å². The quantitative estimate of drug-likeness (QED) is 0.118. The summed E-state index contributed by atoms with van der Waals surface area (Å²) in [6.07, 6.45) is 22.5. The number of carboxylic acids is 1. The fourth-order valence-electron chi connectivity index (χ4n) is 4.81. The maximum atomic E-state index is 12.3. The molecule has 2 heterocycles. The third-order valence-electron chi connectivity index (χ3n) is 7.23. The second-order valence-corrected chi connectivity index (χ2v) is 10.4. The first-order valence-electron chi connectivity index (χ1n) is 14.0. The highest BCUT2D eigenvalue weighted by molar-refractivity contribution is 5.78. The Morgan fingerprint density at radius 1 is 0.886 bits per heavy atom. The molecule has 0 aromatic rings. The predicted molar refractivity (Wildman–Crippen MR) is 137 cm³/mol. The molecule has 0 spiro atoms. The van der Waals surface area contributed by atoms with Gasteiger partial charge >= 0.3 is 11.9 Å². The molecular weight excluding hydrogens is 446 g/mol. The van der Waals surface area contributed by atoms with Gasteiger partial charge in [0.2, 0.25) is 0 Å².